The Morgan fingerprint density at radius 3 is 1.71 bits per heavy atom. The largest absolute Gasteiger partial charge is 0.493 e. The number of benzene rings is 3. The molecule has 0 aliphatic heterocycles. The lowest BCUT2D eigenvalue weighted by Gasteiger charge is -2.12. The molecule has 0 radical (unpaired) electrons. The van der Waals surface area contributed by atoms with Crippen molar-refractivity contribution in [3.63, 3.8) is 0 Å². The Balaban J connectivity index is 2.03. The first-order chi connectivity index (χ1) is 15.0. The van der Waals surface area contributed by atoms with Gasteiger partial charge in [-0.05, 0) is 42.0 Å². The van der Waals surface area contributed by atoms with Crippen molar-refractivity contribution in [2.24, 2.45) is 0 Å². The summed E-state index contributed by atoms with van der Waals surface area (Å²) in [7, 11) is 6.14. The van der Waals surface area contributed by atoms with Gasteiger partial charge in [0.2, 0.25) is 0 Å². The lowest BCUT2D eigenvalue weighted by molar-refractivity contribution is 0.355. The quantitative estimate of drug-likeness (QED) is 0.374. The summed E-state index contributed by atoms with van der Waals surface area (Å²) >= 11 is 0. The van der Waals surface area contributed by atoms with Crippen molar-refractivity contribution in [2.75, 3.05) is 28.4 Å². The molecule has 0 fully saturated rings. The number of hydrogen-bond acceptors (Lipinski definition) is 5. The molecule has 31 heavy (non-hydrogen) atoms. The Hall–Kier alpha value is -3.74. The number of halogens is 2. The number of furan rings is 1. The number of ether oxygens (including phenoxy) is 4. The Bertz CT molecular complexity index is 1260. The molecule has 0 aliphatic rings. The monoisotopic (exact) mass is 426 g/mol. The van der Waals surface area contributed by atoms with Crippen LogP contribution in [-0.4, -0.2) is 28.4 Å². The van der Waals surface area contributed by atoms with Crippen LogP contribution >= 0.6 is 0 Å². The van der Waals surface area contributed by atoms with Gasteiger partial charge in [-0.2, -0.15) is 0 Å². The molecule has 0 amide bonds. The van der Waals surface area contributed by atoms with E-state index < -0.39 is 11.6 Å². The Morgan fingerprint density at radius 2 is 1.13 bits per heavy atom. The lowest BCUT2D eigenvalue weighted by atomic mass is 9.98. The number of rotatable bonds is 6. The van der Waals surface area contributed by atoms with E-state index in [4.69, 9.17) is 23.4 Å². The molecule has 4 aromatic rings. The topological polar surface area (TPSA) is 50.1 Å². The van der Waals surface area contributed by atoms with E-state index in [1.165, 1.54) is 21.3 Å². The molecule has 0 saturated carbocycles. The van der Waals surface area contributed by atoms with Crippen molar-refractivity contribution in [3.8, 4) is 45.4 Å². The molecule has 3 aromatic carbocycles. The summed E-state index contributed by atoms with van der Waals surface area (Å²) in [5, 5.41) is 0.427. The third-order valence-corrected chi connectivity index (χ3v) is 5.05. The molecule has 0 unspecified atom stereocenters. The first-order valence-corrected chi connectivity index (χ1v) is 9.37. The van der Waals surface area contributed by atoms with E-state index in [0.29, 0.717) is 50.8 Å². The van der Waals surface area contributed by atoms with Crippen LogP contribution in [0.3, 0.4) is 0 Å². The summed E-state index contributed by atoms with van der Waals surface area (Å²) in [5.41, 5.74) is 2.14. The summed E-state index contributed by atoms with van der Waals surface area (Å²) in [6, 6.07) is 12.7. The highest BCUT2D eigenvalue weighted by Crippen LogP contribution is 2.45. The van der Waals surface area contributed by atoms with Crippen molar-refractivity contribution >= 4 is 11.0 Å². The molecule has 0 aliphatic carbocycles. The average molecular weight is 426 g/mol. The molecule has 0 spiro atoms. The van der Waals surface area contributed by atoms with Crippen LogP contribution in [0.1, 0.15) is 0 Å². The summed E-state index contributed by atoms with van der Waals surface area (Å²) in [6.07, 6.45) is 0. The number of hydrogen-bond donors (Lipinski definition) is 0. The van der Waals surface area contributed by atoms with Crippen LogP contribution in [0.2, 0.25) is 0 Å². The van der Waals surface area contributed by atoms with Crippen LogP contribution in [-0.2, 0) is 0 Å². The van der Waals surface area contributed by atoms with E-state index in [1.54, 1.807) is 43.5 Å². The van der Waals surface area contributed by atoms with Crippen molar-refractivity contribution in [1.82, 2.24) is 0 Å². The standard InChI is InChI=1S/C24H20F2O5/c1-27-18-7-5-13(9-21(18)29-3)23-15-11-16(25)17(26)12-20(15)31-24(23)14-6-8-19(28-2)22(10-14)30-4/h5-12H,1-4H3. The third-order valence-electron chi connectivity index (χ3n) is 5.05. The number of fused-ring (bicyclic) bond motifs is 1. The van der Waals surface area contributed by atoms with E-state index in [0.717, 1.165) is 12.1 Å². The second-order valence-electron chi connectivity index (χ2n) is 6.71. The zero-order chi connectivity index (χ0) is 22.1. The molecule has 7 heteroatoms. The Kier molecular flexibility index (Phi) is 5.42. The fraction of sp³-hybridized carbons (Fsp3) is 0.167. The summed E-state index contributed by atoms with van der Waals surface area (Å²) < 4.78 is 55.5. The van der Waals surface area contributed by atoms with Gasteiger partial charge in [0.15, 0.2) is 34.6 Å². The minimum absolute atomic E-state index is 0.216. The van der Waals surface area contributed by atoms with Gasteiger partial charge in [0, 0.05) is 22.6 Å². The molecule has 1 aromatic heterocycles. The summed E-state index contributed by atoms with van der Waals surface area (Å²) in [6.45, 7) is 0. The molecule has 160 valence electrons. The highest BCUT2D eigenvalue weighted by Gasteiger charge is 2.22. The van der Waals surface area contributed by atoms with E-state index in [1.807, 2.05) is 0 Å². The minimum Gasteiger partial charge on any atom is -0.493 e. The van der Waals surface area contributed by atoms with Gasteiger partial charge in [-0.3, -0.25) is 0 Å². The van der Waals surface area contributed by atoms with Gasteiger partial charge in [0.05, 0.1) is 28.4 Å². The van der Waals surface area contributed by atoms with Gasteiger partial charge >= 0.3 is 0 Å². The van der Waals surface area contributed by atoms with Crippen LogP contribution in [0.15, 0.2) is 52.9 Å². The molecule has 0 saturated heterocycles. The predicted molar refractivity (Wildman–Crippen MR) is 113 cm³/mol. The second kappa shape index (κ2) is 8.18. The Labute approximate surface area is 177 Å². The van der Waals surface area contributed by atoms with Gasteiger partial charge in [-0.1, -0.05) is 6.07 Å². The van der Waals surface area contributed by atoms with Crippen molar-refractivity contribution < 1.29 is 32.1 Å². The molecule has 4 rings (SSSR count). The van der Waals surface area contributed by atoms with E-state index in [9.17, 15) is 8.78 Å². The van der Waals surface area contributed by atoms with Gasteiger partial charge in [-0.15, -0.1) is 0 Å². The average Bonchev–Trinajstić information content (AvgIpc) is 3.16. The molecule has 0 N–H and O–H groups in total. The second-order valence-corrected chi connectivity index (χ2v) is 6.71. The van der Waals surface area contributed by atoms with E-state index in [2.05, 4.69) is 0 Å². The highest BCUT2D eigenvalue weighted by atomic mass is 19.2. The van der Waals surface area contributed by atoms with E-state index >= 15 is 0 Å². The van der Waals surface area contributed by atoms with Gasteiger partial charge in [0.25, 0.3) is 0 Å². The van der Waals surface area contributed by atoms with Gasteiger partial charge < -0.3 is 23.4 Å². The van der Waals surface area contributed by atoms with Gasteiger partial charge in [-0.25, -0.2) is 8.78 Å². The molecular weight excluding hydrogens is 406 g/mol. The first-order valence-electron chi connectivity index (χ1n) is 9.37. The maximum atomic E-state index is 14.1. The van der Waals surface area contributed by atoms with E-state index in [-0.39, 0.29) is 5.58 Å². The summed E-state index contributed by atoms with van der Waals surface area (Å²) in [4.78, 5) is 0. The zero-order valence-electron chi connectivity index (χ0n) is 17.4. The summed E-state index contributed by atoms with van der Waals surface area (Å²) in [5.74, 6) is 0.559. The number of methoxy groups -OCH3 is 4. The van der Waals surface area contributed by atoms with Crippen LogP contribution < -0.4 is 18.9 Å². The molecule has 1 heterocycles. The predicted octanol–water partition coefficient (Wildman–Crippen LogP) is 6.08. The van der Waals surface area contributed by atoms with Crippen LogP contribution in [0.4, 0.5) is 8.78 Å². The first kappa shape index (κ1) is 20.5. The minimum atomic E-state index is -0.987. The van der Waals surface area contributed by atoms with Crippen LogP contribution in [0.25, 0.3) is 33.4 Å². The van der Waals surface area contributed by atoms with Crippen molar-refractivity contribution in [2.45, 2.75) is 0 Å². The lowest BCUT2D eigenvalue weighted by Crippen LogP contribution is -1.92. The maximum Gasteiger partial charge on any atom is 0.162 e. The van der Waals surface area contributed by atoms with Crippen molar-refractivity contribution in [3.05, 3.63) is 60.2 Å². The molecule has 0 bridgehead atoms. The van der Waals surface area contributed by atoms with Crippen molar-refractivity contribution in [1.29, 1.82) is 0 Å². The van der Waals surface area contributed by atoms with Crippen LogP contribution in [0, 0.1) is 11.6 Å². The maximum absolute atomic E-state index is 14.1. The third kappa shape index (κ3) is 3.52. The van der Waals surface area contributed by atoms with Gasteiger partial charge in [0.1, 0.15) is 11.3 Å². The molecule has 0 atom stereocenters. The smallest absolute Gasteiger partial charge is 0.162 e. The Morgan fingerprint density at radius 1 is 0.613 bits per heavy atom. The molecule has 5 nitrogen and oxygen atoms in total. The normalized spacial score (nSPS) is 10.9. The zero-order valence-corrected chi connectivity index (χ0v) is 17.4. The fourth-order valence-corrected chi connectivity index (χ4v) is 3.55. The van der Waals surface area contributed by atoms with Crippen LogP contribution in [0.5, 0.6) is 23.0 Å². The molecular formula is C24H20F2O5. The SMILES string of the molecule is COc1ccc(-c2oc3cc(F)c(F)cc3c2-c2ccc(OC)c(OC)c2)cc1OC. The fourth-order valence-electron chi connectivity index (χ4n) is 3.55. The highest BCUT2D eigenvalue weighted by molar-refractivity contribution is 6.02.